The average Bonchev–Trinajstić information content (AvgIpc) is 3.37. The molecule has 2 aromatic heterocycles. The van der Waals surface area contributed by atoms with Crippen molar-refractivity contribution in [1.82, 2.24) is 20.2 Å². The van der Waals surface area contributed by atoms with Crippen LogP contribution in [0.2, 0.25) is 0 Å². The van der Waals surface area contributed by atoms with Crippen LogP contribution in [0.3, 0.4) is 0 Å². The summed E-state index contributed by atoms with van der Waals surface area (Å²) in [5.41, 5.74) is 0.923. The molecule has 0 radical (unpaired) electrons. The Morgan fingerprint density at radius 1 is 1.17 bits per heavy atom. The minimum atomic E-state index is -0.748. The molecule has 7 nitrogen and oxygen atoms in total. The molecule has 1 amide bonds. The summed E-state index contributed by atoms with van der Waals surface area (Å²) in [5.74, 6) is -0.657. The third kappa shape index (κ3) is 4.60. The Bertz CT molecular complexity index is 1190. The zero-order valence-electron chi connectivity index (χ0n) is 15.3. The third-order valence-corrected chi connectivity index (χ3v) is 4.70. The van der Waals surface area contributed by atoms with Gasteiger partial charge in [0.05, 0.1) is 11.8 Å². The second-order valence-electron chi connectivity index (χ2n) is 6.31. The van der Waals surface area contributed by atoms with Crippen molar-refractivity contribution >= 4 is 27.8 Å². The van der Waals surface area contributed by atoms with Gasteiger partial charge in [-0.1, -0.05) is 28.1 Å². The minimum Gasteiger partial charge on any atom is -0.441 e. The molecule has 0 bridgehead atoms. The molecule has 0 saturated carbocycles. The summed E-state index contributed by atoms with van der Waals surface area (Å²) in [6, 6.07) is 10.6. The number of hydrogen-bond donors (Lipinski definition) is 2. The zero-order valence-corrected chi connectivity index (χ0v) is 16.9. The number of aromatic nitrogens is 4. The molecule has 2 N–H and O–H groups in total. The maximum Gasteiger partial charge on any atom is 0.249 e. The van der Waals surface area contributed by atoms with Crippen LogP contribution in [0.25, 0.3) is 22.7 Å². The number of aromatic amines is 1. The first-order valence-electron chi connectivity index (χ1n) is 8.86. The van der Waals surface area contributed by atoms with E-state index in [1.807, 2.05) is 24.3 Å². The van der Waals surface area contributed by atoms with Crippen LogP contribution < -0.4 is 5.32 Å². The molecule has 0 fully saturated rings. The lowest BCUT2D eigenvalue weighted by molar-refractivity contribution is -0.116. The van der Waals surface area contributed by atoms with E-state index in [1.165, 1.54) is 12.3 Å². The van der Waals surface area contributed by atoms with Gasteiger partial charge in [-0.3, -0.25) is 15.2 Å². The number of H-pyrrole nitrogens is 1. The Labute approximate surface area is 177 Å². The Kier molecular flexibility index (Phi) is 5.66. The lowest BCUT2D eigenvalue weighted by Gasteiger charge is -2.00. The van der Waals surface area contributed by atoms with Crippen molar-refractivity contribution in [2.24, 2.45) is 0 Å². The number of benzene rings is 2. The van der Waals surface area contributed by atoms with Crippen molar-refractivity contribution in [3.63, 3.8) is 0 Å². The van der Waals surface area contributed by atoms with Gasteiger partial charge in [0.15, 0.2) is 17.5 Å². The highest BCUT2D eigenvalue weighted by Crippen LogP contribution is 2.24. The number of carbonyl (C=O) groups excluding carboxylic acids is 1. The molecule has 0 aliphatic rings. The van der Waals surface area contributed by atoms with Crippen molar-refractivity contribution in [2.75, 3.05) is 5.32 Å². The largest absolute Gasteiger partial charge is 0.441 e. The van der Waals surface area contributed by atoms with Crippen LogP contribution in [0.4, 0.5) is 14.7 Å². The van der Waals surface area contributed by atoms with E-state index in [9.17, 15) is 13.6 Å². The normalized spacial score (nSPS) is 10.9. The summed E-state index contributed by atoms with van der Waals surface area (Å²) >= 11 is 3.36. The average molecular weight is 474 g/mol. The smallest absolute Gasteiger partial charge is 0.249 e. The number of aryl methyl sites for hydroxylation is 1. The molecule has 0 saturated heterocycles. The molecular formula is C20H14BrF2N5O2. The van der Waals surface area contributed by atoms with Gasteiger partial charge in [-0.15, -0.1) is 5.10 Å². The highest BCUT2D eigenvalue weighted by atomic mass is 79.9. The van der Waals surface area contributed by atoms with Gasteiger partial charge in [-0.25, -0.2) is 13.8 Å². The molecule has 10 heteroatoms. The van der Waals surface area contributed by atoms with E-state index >= 15 is 0 Å². The van der Waals surface area contributed by atoms with Gasteiger partial charge in [0.2, 0.25) is 11.9 Å². The highest BCUT2D eigenvalue weighted by molar-refractivity contribution is 9.10. The number of nitrogens with zero attached hydrogens (tertiary/aromatic N) is 3. The molecule has 30 heavy (non-hydrogen) atoms. The number of amides is 1. The molecule has 0 atom stereocenters. The number of nitrogens with one attached hydrogen (secondary N) is 2. The van der Waals surface area contributed by atoms with Crippen LogP contribution in [-0.4, -0.2) is 26.1 Å². The fraction of sp³-hybridized carbons (Fsp3) is 0.100. The maximum absolute atomic E-state index is 13.8. The van der Waals surface area contributed by atoms with E-state index in [1.54, 1.807) is 0 Å². The molecule has 4 rings (SSSR count). The van der Waals surface area contributed by atoms with Crippen molar-refractivity contribution in [3.05, 3.63) is 70.7 Å². The molecule has 0 aliphatic carbocycles. The Hall–Kier alpha value is -3.40. The number of rotatable bonds is 6. The van der Waals surface area contributed by atoms with E-state index in [0.29, 0.717) is 5.82 Å². The molecule has 152 valence electrons. The van der Waals surface area contributed by atoms with Crippen LogP contribution in [0.1, 0.15) is 12.3 Å². The number of carbonyl (C=O) groups is 1. The molecule has 2 aromatic carbocycles. The summed E-state index contributed by atoms with van der Waals surface area (Å²) in [4.78, 5) is 20.4. The predicted molar refractivity (Wildman–Crippen MR) is 108 cm³/mol. The second kappa shape index (κ2) is 8.54. The Morgan fingerprint density at radius 3 is 2.73 bits per heavy atom. The second-order valence-corrected chi connectivity index (χ2v) is 7.22. The van der Waals surface area contributed by atoms with Crippen LogP contribution in [-0.2, 0) is 11.2 Å². The number of halogens is 3. The quantitative estimate of drug-likeness (QED) is 0.421. The van der Waals surface area contributed by atoms with E-state index < -0.39 is 11.6 Å². The molecule has 2 heterocycles. The highest BCUT2D eigenvalue weighted by Gasteiger charge is 2.14. The van der Waals surface area contributed by atoms with Crippen LogP contribution in [0.15, 0.2) is 57.6 Å². The fourth-order valence-electron chi connectivity index (χ4n) is 2.70. The minimum absolute atomic E-state index is 0.0635. The van der Waals surface area contributed by atoms with Crippen molar-refractivity contribution < 1.29 is 18.0 Å². The summed E-state index contributed by atoms with van der Waals surface area (Å²) in [5, 5.41) is 9.34. The standard InChI is InChI=1S/C20H14BrF2N5O2/c21-12-3-1-11(2-4-12)19-26-20(28-27-19)25-17(29)7-8-18-24-10-16(30-18)14-6-5-13(22)9-15(14)23/h1-6,9-10H,7-8H2,(H2,25,26,27,28,29). The van der Waals surface area contributed by atoms with Gasteiger partial charge < -0.3 is 4.42 Å². The van der Waals surface area contributed by atoms with Gasteiger partial charge in [0, 0.05) is 28.9 Å². The van der Waals surface area contributed by atoms with Crippen LogP contribution in [0.5, 0.6) is 0 Å². The van der Waals surface area contributed by atoms with Gasteiger partial charge >= 0.3 is 0 Å². The van der Waals surface area contributed by atoms with Crippen LogP contribution in [0, 0.1) is 11.6 Å². The first-order valence-corrected chi connectivity index (χ1v) is 9.65. The van der Waals surface area contributed by atoms with Crippen molar-refractivity contribution in [3.8, 4) is 22.7 Å². The van der Waals surface area contributed by atoms with Gasteiger partial charge in [-0.2, -0.15) is 4.98 Å². The van der Waals surface area contributed by atoms with E-state index in [-0.39, 0.29) is 41.9 Å². The summed E-state index contributed by atoms with van der Waals surface area (Å²) in [6.45, 7) is 0. The van der Waals surface area contributed by atoms with Gasteiger partial charge in [0.1, 0.15) is 11.6 Å². The lowest BCUT2D eigenvalue weighted by Crippen LogP contribution is -2.13. The number of anilines is 1. The summed E-state index contributed by atoms with van der Waals surface area (Å²) in [7, 11) is 0. The van der Waals surface area contributed by atoms with E-state index in [0.717, 1.165) is 22.2 Å². The number of oxazole rings is 1. The first-order chi connectivity index (χ1) is 14.5. The molecule has 4 aromatic rings. The molecular weight excluding hydrogens is 460 g/mol. The fourth-order valence-corrected chi connectivity index (χ4v) is 2.97. The van der Waals surface area contributed by atoms with Crippen molar-refractivity contribution in [2.45, 2.75) is 12.8 Å². The first kappa shape index (κ1) is 19.9. The van der Waals surface area contributed by atoms with Gasteiger partial charge in [0.25, 0.3) is 0 Å². The Morgan fingerprint density at radius 2 is 1.97 bits per heavy atom. The summed E-state index contributed by atoms with van der Waals surface area (Å²) in [6.07, 6.45) is 1.59. The Balaban J connectivity index is 1.34. The SMILES string of the molecule is O=C(CCc1ncc(-c2ccc(F)cc2F)o1)Nc1n[nH]c(-c2ccc(Br)cc2)n1. The van der Waals surface area contributed by atoms with Gasteiger partial charge in [-0.05, 0) is 24.3 Å². The monoisotopic (exact) mass is 473 g/mol. The molecule has 0 unspecified atom stereocenters. The number of hydrogen-bond acceptors (Lipinski definition) is 5. The summed E-state index contributed by atoms with van der Waals surface area (Å²) < 4.78 is 33.3. The molecule has 0 aliphatic heterocycles. The van der Waals surface area contributed by atoms with Crippen molar-refractivity contribution in [1.29, 1.82) is 0 Å². The van der Waals surface area contributed by atoms with E-state index in [4.69, 9.17) is 4.42 Å². The topological polar surface area (TPSA) is 96.7 Å². The third-order valence-electron chi connectivity index (χ3n) is 4.17. The predicted octanol–water partition coefficient (Wildman–Crippen LogP) is 4.74. The lowest BCUT2D eigenvalue weighted by atomic mass is 10.2. The maximum atomic E-state index is 13.8. The zero-order chi connectivity index (χ0) is 21.1. The van der Waals surface area contributed by atoms with Crippen LogP contribution >= 0.6 is 15.9 Å². The molecule has 0 spiro atoms. The van der Waals surface area contributed by atoms with E-state index in [2.05, 4.69) is 41.4 Å².